The van der Waals surface area contributed by atoms with Crippen molar-refractivity contribution in [2.45, 2.75) is 143 Å². The maximum absolute atomic E-state index is 2.52. The summed E-state index contributed by atoms with van der Waals surface area (Å²) in [5.74, 6) is 0. The van der Waals surface area contributed by atoms with Crippen LogP contribution in [0.4, 0.5) is 0 Å². The van der Waals surface area contributed by atoms with Crippen LogP contribution in [0, 0.1) is 0 Å². The molecular formula is C58H66. The van der Waals surface area contributed by atoms with Crippen LogP contribution in [0.2, 0.25) is 0 Å². The highest BCUT2D eigenvalue weighted by Crippen LogP contribution is 2.57. The molecule has 8 rings (SSSR count). The van der Waals surface area contributed by atoms with Gasteiger partial charge in [0, 0.05) is 10.8 Å². The molecule has 0 radical (unpaired) electrons. The lowest BCUT2D eigenvalue weighted by Crippen LogP contribution is -2.19. The third-order valence-corrected chi connectivity index (χ3v) is 13.7. The molecule has 0 bridgehead atoms. The van der Waals surface area contributed by atoms with Crippen LogP contribution in [0.25, 0.3) is 55.6 Å². The second kappa shape index (κ2) is 12.9. The van der Waals surface area contributed by atoms with Gasteiger partial charge >= 0.3 is 0 Å². The van der Waals surface area contributed by atoms with Crippen LogP contribution in [0.3, 0.4) is 0 Å². The second-order valence-electron chi connectivity index (χ2n) is 22.8. The van der Waals surface area contributed by atoms with Crippen molar-refractivity contribution in [3.63, 3.8) is 0 Å². The zero-order valence-corrected chi connectivity index (χ0v) is 38.4. The van der Waals surface area contributed by atoms with Crippen molar-refractivity contribution in [3.05, 3.63) is 154 Å². The van der Waals surface area contributed by atoms with Crippen molar-refractivity contribution in [1.82, 2.24) is 0 Å². The van der Waals surface area contributed by atoms with E-state index in [2.05, 4.69) is 220 Å². The minimum atomic E-state index is -0.118. The van der Waals surface area contributed by atoms with E-state index in [1.807, 2.05) is 0 Å². The molecule has 0 saturated carbocycles. The van der Waals surface area contributed by atoms with Crippen molar-refractivity contribution in [3.8, 4) is 55.6 Å². The van der Waals surface area contributed by atoms with Crippen LogP contribution in [0.1, 0.15) is 155 Å². The topological polar surface area (TPSA) is 0 Å². The van der Waals surface area contributed by atoms with Gasteiger partial charge in [0.05, 0.1) is 0 Å². The molecule has 6 aromatic carbocycles. The van der Waals surface area contributed by atoms with E-state index in [1.165, 1.54) is 100 Å². The van der Waals surface area contributed by atoms with E-state index >= 15 is 0 Å². The van der Waals surface area contributed by atoms with Crippen molar-refractivity contribution < 1.29 is 0 Å². The molecule has 0 atom stereocenters. The van der Waals surface area contributed by atoms with Gasteiger partial charge in [0.15, 0.2) is 0 Å². The summed E-state index contributed by atoms with van der Waals surface area (Å²) < 4.78 is 0. The molecule has 0 amide bonds. The lowest BCUT2D eigenvalue weighted by molar-refractivity contribution is 0.579. The van der Waals surface area contributed by atoms with E-state index < -0.39 is 0 Å². The number of hydrogen-bond donors (Lipinski definition) is 0. The zero-order valence-electron chi connectivity index (χ0n) is 38.4. The summed E-state index contributed by atoms with van der Waals surface area (Å²) in [6.07, 6.45) is 0. The summed E-state index contributed by atoms with van der Waals surface area (Å²) in [6, 6.07) is 43.2. The molecular weight excluding hydrogens is 697 g/mol. The lowest BCUT2D eigenvalue weighted by atomic mass is 9.76. The van der Waals surface area contributed by atoms with Crippen LogP contribution in [0.5, 0.6) is 0 Å². The molecule has 2 aliphatic rings. The Kier molecular flexibility index (Phi) is 8.93. The molecule has 0 aliphatic heterocycles. The Morgan fingerprint density at radius 2 is 0.672 bits per heavy atom. The summed E-state index contributed by atoms with van der Waals surface area (Å²) in [7, 11) is 0. The number of fused-ring (bicyclic) bond motifs is 6. The Morgan fingerprint density at radius 3 is 1.12 bits per heavy atom. The molecule has 0 spiro atoms. The second-order valence-corrected chi connectivity index (χ2v) is 22.8. The molecule has 0 aromatic heterocycles. The Labute approximate surface area is 351 Å². The Bertz CT molecular complexity index is 2620. The maximum atomic E-state index is 2.52. The molecule has 0 heteroatoms. The third-order valence-electron chi connectivity index (χ3n) is 13.7. The van der Waals surface area contributed by atoms with Gasteiger partial charge in [-0.15, -0.1) is 0 Å². The molecule has 0 saturated heterocycles. The van der Waals surface area contributed by atoms with Crippen molar-refractivity contribution in [2.24, 2.45) is 0 Å². The largest absolute Gasteiger partial charge is 0.0616 e. The SMILES string of the molecule is CC(C)(C)c1ccc2c(c1)C(C)(C)c1cc(C(C)(C)C)cc(-c3cccc(-c4ccccc4-c4cc(C(C)(C)C)cc5c4-c4ccc(C(C)(C)C)cc4C5(C)C)c3)c1-2. The zero-order chi connectivity index (χ0) is 42.1. The van der Waals surface area contributed by atoms with Gasteiger partial charge in [-0.25, -0.2) is 0 Å². The van der Waals surface area contributed by atoms with Gasteiger partial charge < -0.3 is 0 Å². The van der Waals surface area contributed by atoms with Crippen LogP contribution in [-0.2, 0) is 32.5 Å². The fraction of sp³-hybridized carbons (Fsp3) is 0.379. The molecule has 0 N–H and O–H groups in total. The van der Waals surface area contributed by atoms with E-state index in [-0.39, 0.29) is 32.5 Å². The highest BCUT2D eigenvalue weighted by molar-refractivity contribution is 5.99. The minimum Gasteiger partial charge on any atom is -0.0616 e. The van der Waals surface area contributed by atoms with E-state index in [4.69, 9.17) is 0 Å². The average Bonchev–Trinajstić information content (AvgIpc) is 3.51. The van der Waals surface area contributed by atoms with Crippen molar-refractivity contribution in [2.75, 3.05) is 0 Å². The number of rotatable bonds is 3. The first-order valence-electron chi connectivity index (χ1n) is 21.7. The van der Waals surface area contributed by atoms with Gasteiger partial charge in [0.2, 0.25) is 0 Å². The fourth-order valence-corrected chi connectivity index (χ4v) is 9.76. The highest BCUT2D eigenvalue weighted by Gasteiger charge is 2.41. The van der Waals surface area contributed by atoms with E-state index in [0.29, 0.717) is 0 Å². The molecule has 0 heterocycles. The summed E-state index contributed by atoms with van der Waals surface area (Å²) in [5.41, 5.74) is 24.5. The van der Waals surface area contributed by atoms with Gasteiger partial charge in [-0.3, -0.25) is 0 Å². The van der Waals surface area contributed by atoms with Gasteiger partial charge in [-0.05, 0) is 140 Å². The predicted molar refractivity (Wildman–Crippen MR) is 253 cm³/mol. The predicted octanol–water partition coefficient (Wildman–Crippen LogP) is 16.5. The van der Waals surface area contributed by atoms with E-state index in [9.17, 15) is 0 Å². The Balaban J connectivity index is 1.36. The highest BCUT2D eigenvalue weighted by atomic mass is 14.4. The van der Waals surface area contributed by atoms with Crippen LogP contribution in [0.15, 0.2) is 109 Å². The molecule has 0 nitrogen and oxygen atoms in total. The smallest absolute Gasteiger partial charge is 0.0159 e. The Morgan fingerprint density at radius 1 is 0.293 bits per heavy atom. The van der Waals surface area contributed by atoms with Gasteiger partial charge in [-0.2, -0.15) is 0 Å². The maximum Gasteiger partial charge on any atom is 0.0159 e. The normalized spacial score (nSPS) is 15.5. The fourth-order valence-electron chi connectivity index (χ4n) is 9.76. The van der Waals surface area contributed by atoms with E-state index in [1.54, 1.807) is 0 Å². The van der Waals surface area contributed by atoms with Crippen molar-refractivity contribution in [1.29, 1.82) is 0 Å². The third kappa shape index (κ3) is 6.42. The summed E-state index contributed by atoms with van der Waals surface area (Å²) in [6.45, 7) is 37.8. The van der Waals surface area contributed by atoms with Crippen molar-refractivity contribution >= 4 is 0 Å². The summed E-state index contributed by atoms with van der Waals surface area (Å²) in [4.78, 5) is 0. The van der Waals surface area contributed by atoms with Crippen LogP contribution < -0.4 is 0 Å². The first kappa shape index (κ1) is 40.1. The monoisotopic (exact) mass is 763 g/mol. The first-order valence-corrected chi connectivity index (χ1v) is 21.7. The molecule has 0 fully saturated rings. The number of benzene rings is 6. The van der Waals surface area contributed by atoms with Gasteiger partial charge in [0.25, 0.3) is 0 Å². The minimum absolute atomic E-state index is 0.00374. The summed E-state index contributed by atoms with van der Waals surface area (Å²) >= 11 is 0. The van der Waals surface area contributed by atoms with Crippen LogP contribution >= 0.6 is 0 Å². The summed E-state index contributed by atoms with van der Waals surface area (Å²) in [5, 5.41) is 0. The molecule has 6 aromatic rings. The molecule has 0 unspecified atom stereocenters. The lowest BCUT2D eigenvalue weighted by Gasteiger charge is -2.28. The molecule has 2 aliphatic carbocycles. The first-order chi connectivity index (χ1) is 26.8. The van der Waals surface area contributed by atoms with Gasteiger partial charge in [0.1, 0.15) is 0 Å². The standard InChI is InChI=1S/C58H66/c1-53(2,3)37-24-26-43-47(31-37)57(13,14)49-33-39(55(7,8)9)29-45(51(43)49)36-21-19-20-35(28-36)41-22-17-18-23-42(41)46-30-40(56(10,11)12)34-50-52(46)44-27-25-38(54(4,5)6)32-48(44)58(50,15)16/h17-34H,1-16H3. The molecule has 298 valence electrons. The van der Waals surface area contributed by atoms with Gasteiger partial charge in [-0.1, -0.05) is 202 Å². The molecule has 58 heavy (non-hydrogen) atoms. The Hall–Kier alpha value is -4.68. The van der Waals surface area contributed by atoms with E-state index in [0.717, 1.165) is 0 Å². The quantitative estimate of drug-likeness (QED) is 0.168. The average molecular weight is 763 g/mol. The number of hydrogen-bond acceptors (Lipinski definition) is 0. The van der Waals surface area contributed by atoms with Crippen LogP contribution in [-0.4, -0.2) is 0 Å².